The van der Waals surface area contributed by atoms with Gasteiger partial charge in [-0.15, -0.1) is 0 Å². The molecule has 0 aromatic heterocycles. The number of hydrogen-bond donors (Lipinski definition) is 2. The summed E-state index contributed by atoms with van der Waals surface area (Å²) in [5.41, 5.74) is 0.574. The van der Waals surface area contributed by atoms with E-state index in [0.717, 1.165) is 29.3 Å². The van der Waals surface area contributed by atoms with Gasteiger partial charge < -0.3 is 15.2 Å². The Morgan fingerprint density at radius 1 is 1.19 bits per heavy atom. The van der Waals surface area contributed by atoms with Crippen molar-refractivity contribution in [2.75, 3.05) is 12.4 Å². The molecule has 7 heteroatoms. The molecular formula is C19H20F3NO3. The lowest BCUT2D eigenvalue weighted by Gasteiger charge is -2.27. The number of phenols is 1. The van der Waals surface area contributed by atoms with Crippen LogP contribution in [0.1, 0.15) is 29.7 Å². The van der Waals surface area contributed by atoms with Crippen LogP contribution in [-0.4, -0.2) is 18.2 Å². The fourth-order valence-electron chi connectivity index (χ4n) is 2.73. The summed E-state index contributed by atoms with van der Waals surface area (Å²) in [4.78, 5) is 12.0. The average molecular weight is 367 g/mol. The van der Waals surface area contributed by atoms with Crippen LogP contribution in [0.5, 0.6) is 5.75 Å². The van der Waals surface area contributed by atoms with Gasteiger partial charge in [-0.25, -0.2) is 0 Å². The number of anilines is 1. The maximum Gasteiger partial charge on any atom is 0.416 e. The quantitative estimate of drug-likeness (QED) is 0.595. The van der Waals surface area contributed by atoms with Crippen LogP contribution in [0.4, 0.5) is 18.9 Å². The number of carbonyl (C=O) groups is 1. The van der Waals surface area contributed by atoms with Gasteiger partial charge in [0.05, 0.1) is 30.3 Å². The van der Waals surface area contributed by atoms with Gasteiger partial charge in [0.15, 0.2) is 0 Å². The van der Waals surface area contributed by atoms with Crippen molar-refractivity contribution in [3.8, 4) is 5.75 Å². The van der Waals surface area contributed by atoms with Gasteiger partial charge in [-0.3, -0.25) is 4.79 Å². The summed E-state index contributed by atoms with van der Waals surface area (Å²) in [6.45, 7) is 3.45. The van der Waals surface area contributed by atoms with Crippen molar-refractivity contribution < 1.29 is 27.8 Å². The van der Waals surface area contributed by atoms with Gasteiger partial charge >= 0.3 is 12.1 Å². The first-order chi connectivity index (χ1) is 12.1. The lowest BCUT2D eigenvalue weighted by atomic mass is 9.91. The number of aromatic hydroxyl groups is 1. The molecule has 26 heavy (non-hydrogen) atoms. The van der Waals surface area contributed by atoms with E-state index in [1.165, 1.54) is 7.11 Å². The fourth-order valence-corrected chi connectivity index (χ4v) is 2.73. The van der Waals surface area contributed by atoms with E-state index >= 15 is 0 Å². The summed E-state index contributed by atoms with van der Waals surface area (Å²) in [5.74, 6) is -1.55. The highest BCUT2D eigenvalue weighted by Gasteiger charge is 2.32. The molecule has 0 heterocycles. The predicted octanol–water partition coefficient (Wildman–Crippen LogP) is 4.68. The maximum atomic E-state index is 13.0. The van der Waals surface area contributed by atoms with Gasteiger partial charge in [0.25, 0.3) is 0 Å². The van der Waals surface area contributed by atoms with E-state index in [2.05, 4.69) is 5.32 Å². The van der Waals surface area contributed by atoms with Gasteiger partial charge in [0.1, 0.15) is 5.75 Å². The highest BCUT2D eigenvalue weighted by Crippen LogP contribution is 2.37. The molecule has 4 nitrogen and oxygen atoms in total. The van der Waals surface area contributed by atoms with Crippen LogP contribution in [0.3, 0.4) is 0 Å². The van der Waals surface area contributed by atoms with E-state index in [0.29, 0.717) is 0 Å². The fraction of sp³-hybridized carbons (Fsp3) is 0.316. The molecule has 2 aromatic rings. The second-order valence-corrected chi connectivity index (χ2v) is 6.02. The molecule has 2 aromatic carbocycles. The predicted molar refractivity (Wildman–Crippen MR) is 91.8 cm³/mol. The molecule has 140 valence electrons. The minimum Gasteiger partial charge on any atom is -0.506 e. The molecule has 2 rings (SSSR count). The van der Waals surface area contributed by atoms with Crippen molar-refractivity contribution in [3.63, 3.8) is 0 Å². The molecule has 0 aliphatic heterocycles. The Hall–Kier alpha value is -2.70. The standard InChI is InChI=1S/C19H20F3NO3/c1-11-6-4-5-7-14(11)17(12(2)18(25)26-3)23-15-10-13(19(20,21)22)8-9-16(15)24/h4-10,12,17,23-24H,1-3H3/t12?,17-/m0/s1. The van der Waals surface area contributed by atoms with Gasteiger partial charge in [0, 0.05) is 0 Å². The zero-order valence-electron chi connectivity index (χ0n) is 14.6. The number of carbonyl (C=O) groups excluding carboxylic acids is 1. The lowest BCUT2D eigenvalue weighted by molar-refractivity contribution is -0.145. The highest BCUT2D eigenvalue weighted by molar-refractivity contribution is 5.74. The van der Waals surface area contributed by atoms with Crippen LogP contribution in [0, 0.1) is 12.8 Å². The molecule has 0 amide bonds. The number of hydrogen-bond acceptors (Lipinski definition) is 4. The highest BCUT2D eigenvalue weighted by atomic mass is 19.4. The number of ether oxygens (including phenoxy) is 1. The molecule has 0 radical (unpaired) electrons. The molecule has 2 N–H and O–H groups in total. The Kier molecular flexibility index (Phi) is 5.79. The van der Waals surface area contributed by atoms with E-state index in [4.69, 9.17) is 4.74 Å². The van der Waals surface area contributed by atoms with Gasteiger partial charge in [0.2, 0.25) is 0 Å². The number of phenolic OH excluding ortho intramolecular Hbond substituents is 1. The Labute approximate surface area is 149 Å². The van der Waals surface area contributed by atoms with E-state index in [-0.39, 0.29) is 11.4 Å². The van der Waals surface area contributed by atoms with Crippen LogP contribution in [0.25, 0.3) is 0 Å². The monoisotopic (exact) mass is 367 g/mol. The van der Waals surface area contributed by atoms with E-state index in [9.17, 15) is 23.1 Å². The maximum absolute atomic E-state index is 13.0. The molecule has 0 aliphatic rings. The van der Waals surface area contributed by atoms with Gasteiger partial charge in [-0.1, -0.05) is 24.3 Å². The van der Waals surface area contributed by atoms with Crippen molar-refractivity contribution in [2.24, 2.45) is 5.92 Å². The van der Waals surface area contributed by atoms with Crippen molar-refractivity contribution in [1.82, 2.24) is 0 Å². The first kappa shape index (κ1) is 19.6. The van der Waals surface area contributed by atoms with E-state index in [1.54, 1.807) is 19.1 Å². The zero-order chi connectivity index (χ0) is 19.5. The summed E-state index contributed by atoms with van der Waals surface area (Å²) in [6, 6.07) is 9.11. The number of benzene rings is 2. The Balaban J connectivity index is 2.48. The third kappa shape index (κ3) is 4.28. The van der Waals surface area contributed by atoms with Crippen LogP contribution in [0.15, 0.2) is 42.5 Å². The zero-order valence-corrected chi connectivity index (χ0v) is 14.6. The van der Waals surface area contributed by atoms with Crippen LogP contribution >= 0.6 is 0 Å². The molecule has 0 saturated heterocycles. The number of esters is 1. The Morgan fingerprint density at radius 3 is 2.42 bits per heavy atom. The largest absolute Gasteiger partial charge is 0.506 e. The third-order valence-corrected chi connectivity index (χ3v) is 4.23. The number of halogens is 3. The molecule has 0 aliphatic carbocycles. The number of methoxy groups -OCH3 is 1. The number of alkyl halides is 3. The van der Waals surface area contributed by atoms with Crippen molar-refractivity contribution >= 4 is 11.7 Å². The summed E-state index contributed by atoms with van der Waals surface area (Å²) in [5, 5.41) is 12.9. The smallest absolute Gasteiger partial charge is 0.416 e. The van der Waals surface area contributed by atoms with Crippen LogP contribution < -0.4 is 5.32 Å². The molecule has 0 bridgehead atoms. The van der Waals surface area contributed by atoms with E-state index in [1.807, 2.05) is 19.1 Å². The van der Waals surface area contributed by atoms with Crippen molar-refractivity contribution in [3.05, 3.63) is 59.2 Å². The van der Waals surface area contributed by atoms with E-state index < -0.39 is 29.7 Å². The summed E-state index contributed by atoms with van der Waals surface area (Å²) in [6.07, 6.45) is -4.55. The minimum absolute atomic E-state index is 0.108. The Bertz CT molecular complexity index is 790. The second-order valence-electron chi connectivity index (χ2n) is 6.02. The Morgan fingerprint density at radius 2 is 1.85 bits per heavy atom. The number of rotatable bonds is 5. The molecule has 0 saturated carbocycles. The molecular weight excluding hydrogens is 347 g/mol. The topological polar surface area (TPSA) is 58.6 Å². The van der Waals surface area contributed by atoms with Crippen molar-refractivity contribution in [2.45, 2.75) is 26.1 Å². The first-order valence-electron chi connectivity index (χ1n) is 7.95. The summed E-state index contributed by atoms with van der Waals surface area (Å²) in [7, 11) is 1.25. The summed E-state index contributed by atoms with van der Waals surface area (Å²) < 4.78 is 43.7. The van der Waals surface area contributed by atoms with Gasteiger partial charge in [-0.05, 0) is 43.2 Å². The van der Waals surface area contributed by atoms with Crippen LogP contribution in [0.2, 0.25) is 0 Å². The molecule has 0 fully saturated rings. The second kappa shape index (κ2) is 7.68. The third-order valence-electron chi connectivity index (χ3n) is 4.23. The SMILES string of the molecule is COC(=O)C(C)[C@H](Nc1cc(C(F)(F)F)ccc1O)c1ccccc1C. The number of nitrogens with one attached hydrogen (secondary N) is 1. The first-order valence-corrected chi connectivity index (χ1v) is 7.95. The van der Waals surface area contributed by atoms with Crippen molar-refractivity contribution in [1.29, 1.82) is 0 Å². The summed E-state index contributed by atoms with van der Waals surface area (Å²) >= 11 is 0. The number of aryl methyl sites for hydroxylation is 1. The minimum atomic E-state index is -4.55. The molecule has 2 atom stereocenters. The molecule has 1 unspecified atom stereocenters. The average Bonchev–Trinajstić information content (AvgIpc) is 2.59. The van der Waals surface area contributed by atoms with Crippen LogP contribution in [-0.2, 0) is 15.7 Å². The lowest BCUT2D eigenvalue weighted by Crippen LogP contribution is -2.27. The van der Waals surface area contributed by atoms with Gasteiger partial charge in [-0.2, -0.15) is 13.2 Å². The molecule has 0 spiro atoms. The normalized spacial score (nSPS) is 13.8.